The van der Waals surface area contributed by atoms with Gasteiger partial charge in [0.2, 0.25) is 0 Å². The maximum atomic E-state index is 11.3. The van der Waals surface area contributed by atoms with E-state index in [1.807, 2.05) is 0 Å². The Labute approximate surface area is 90.4 Å². The molecule has 0 unspecified atom stereocenters. The van der Waals surface area contributed by atoms with Gasteiger partial charge in [0.1, 0.15) is 5.54 Å². The minimum Gasteiger partial charge on any atom is -0.480 e. The zero-order chi connectivity index (χ0) is 10.7. The highest BCUT2D eigenvalue weighted by molar-refractivity contribution is 5.79. The zero-order valence-corrected chi connectivity index (χ0v) is 9.09. The minimum absolute atomic E-state index is 0.389. The van der Waals surface area contributed by atoms with Gasteiger partial charge < -0.3 is 10.4 Å². The fourth-order valence-electron chi connectivity index (χ4n) is 2.76. The molecule has 0 aromatic heterocycles. The van der Waals surface area contributed by atoms with E-state index in [4.69, 9.17) is 0 Å². The fourth-order valence-corrected chi connectivity index (χ4v) is 2.76. The van der Waals surface area contributed by atoms with Crippen LogP contribution in [0.2, 0.25) is 0 Å². The van der Waals surface area contributed by atoms with E-state index >= 15 is 0 Å². The lowest BCUT2D eigenvalue weighted by molar-refractivity contribution is -0.145. The number of carbonyl (C=O) groups is 1. The second-order valence-corrected chi connectivity index (χ2v) is 4.76. The minimum atomic E-state index is -0.654. The number of rotatable bonds is 3. The molecule has 0 spiro atoms. The third-order valence-electron chi connectivity index (χ3n) is 3.69. The molecule has 4 heteroatoms. The van der Waals surface area contributed by atoms with E-state index in [-0.39, 0.29) is 0 Å². The molecule has 0 aromatic rings. The van der Waals surface area contributed by atoms with E-state index < -0.39 is 11.5 Å². The molecule has 0 aromatic carbocycles. The number of carboxylic acid groups (broad SMARTS) is 1. The highest BCUT2D eigenvalue weighted by Gasteiger charge is 2.42. The first-order valence-electron chi connectivity index (χ1n) is 5.95. The molecule has 1 saturated heterocycles. The molecule has 15 heavy (non-hydrogen) atoms. The van der Waals surface area contributed by atoms with Crippen LogP contribution in [0.15, 0.2) is 0 Å². The van der Waals surface area contributed by atoms with E-state index in [0.717, 1.165) is 51.6 Å². The molecule has 2 fully saturated rings. The van der Waals surface area contributed by atoms with Crippen LogP contribution in [0.5, 0.6) is 0 Å². The van der Waals surface area contributed by atoms with Gasteiger partial charge in [-0.15, -0.1) is 0 Å². The number of piperidine rings is 1. The van der Waals surface area contributed by atoms with Gasteiger partial charge >= 0.3 is 5.97 Å². The summed E-state index contributed by atoms with van der Waals surface area (Å²) in [7, 11) is 0. The number of nitrogens with one attached hydrogen (secondary N) is 2. The molecule has 4 nitrogen and oxygen atoms in total. The standard InChI is InChI=1S/C11H20N2O2/c14-10(15)11(5-1-2-6-11)13-9-3-7-12-8-4-9/h9,12-13H,1-8H2,(H,14,15). The van der Waals surface area contributed by atoms with E-state index in [1.54, 1.807) is 0 Å². The van der Waals surface area contributed by atoms with Gasteiger partial charge in [0.15, 0.2) is 0 Å². The summed E-state index contributed by atoms with van der Waals surface area (Å²) >= 11 is 0. The number of aliphatic carboxylic acids is 1. The van der Waals surface area contributed by atoms with Crippen LogP contribution in [0.1, 0.15) is 38.5 Å². The van der Waals surface area contributed by atoms with Gasteiger partial charge in [0.25, 0.3) is 0 Å². The maximum absolute atomic E-state index is 11.3. The molecule has 0 atom stereocenters. The second kappa shape index (κ2) is 4.49. The van der Waals surface area contributed by atoms with Crippen molar-refractivity contribution < 1.29 is 9.90 Å². The van der Waals surface area contributed by atoms with E-state index in [0.29, 0.717) is 6.04 Å². The summed E-state index contributed by atoms with van der Waals surface area (Å²) < 4.78 is 0. The lowest BCUT2D eigenvalue weighted by Gasteiger charge is -2.33. The normalized spacial score (nSPS) is 26.7. The van der Waals surface area contributed by atoms with Crippen LogP contribution in [0.3, 0.4) is 0 Å². The summed E-state index contributed by atoms with van der Waals surface area (Å²) in [5, 5.41) is 16.0. The van der Waals surface area contributed by atoms with Crippen LogP contribution in [-0.4, -0.2) is 35.7 Å². The van der Waals surface area contributed by atoms with Gasteiger partial charge in [-0.05, 0) is 38.8 Å². The lowest BCUT2D eigenvalue weighted by atomic mass is 9.94. The van der Waals surface area contributed by atoms with Crippen molar-refractivity contribution in [2.45, 2.75) is 50.1 Å². The summed E-state index contributed by atoms with van der Waals surface area (Å²) in [5.74, 6) is -0.654. The van der Waals surface area contributed by atoms with E-state index in [1.165, 1.54) is 0 Å². The average Bonchev–Trinajstić information content (AvgIpc) is 2.69. The van der Waals surface area contributed by atoms with Crippen molar-refractivity contribution in [1.82, 2.24) is 10.6 Å². The van der Waals surface area contributed by atoms with E-state index in [9.17, 15) is 9.90 Å². The van der Waals surface area contributed by atoms with Crippen molar-refractivity contribution >= 4 is 5.97 Å². The van der Waals surface area contributed by atoms with Crippen molar-refractivity contribution in [3.8, 4) is 0 Å². The highest BCUT2D eigenvalue weighted by Crippen LogP contribution is 2.31. The van der Waals surface area contributed by atoms with Crippen molar-refractivity contribution in [2.75, 3.05) is 13.1 Å². The zero-order valence-electron chi connectivity index (χ0n) is 9.09. The average molecular weight is 212 g/mol. The monoisotopic (exact) mass is 212 g/mol. The van der Waals surface area contributed by atoms with Crippen LogP contribution >= 0.6 is 0 Å². The Balaban J connectivity index is 1.96. The molecular weight excluding hydrogens is 192 g/mol. The lowest BCUT2D eigenvalue weighted by Crippen LogP contribution is -2.56. The van der Waals surface area contributed by atoms with Gasteiger partial charge in [-0.1, -0.05) is 12.8 Å². The number of hydrogen-bond acceptors (Lipinski definition) is 3. The maximum Gasteiger partial charge on any atom is 0.323 e. The predicted octanol–water partition coefficient (Wildman–Crippen LogP) is 0.725. The summed E-state index contributed by atoms with van der Waals surface area (Å²) in [6.07, 6.45) is 5.79. The Bertz CT molecular complexity index is 231. The van der Waals surface area contributed by atoms with Crippen LogP contribution in [0, 0.1) is 0 Å². The van der Waals surface area contributed by atoms with Crippen molar-refractivity contribution in [3.05, 3.63) is 0 Å². The van der Waals surface area contributed by atoms with Crippen LogP contribution in [0.25, 0.3) is 0 Å². The first kappa shape index (κ1) is 10.9. The topological polar surface area (TPSA) is 61.4 Å². The first-order chi connectivity index (χ1) is 7.23. The first-order valence-corrected chi connectivity index (χ1v) is 5.95. The van der Waals surface area contributed by atoms with Gasteiger partial charge in [-0.2, -0.15) is 0 Å². The Morgan fingerprint density at radius 1 is 1.27 bits per heavy atom. The SMILES string of the molecule is O=C(O)C1(NC2CCNCC2)CCCC1. The molecule has 1 heterocycles. The third kappa shape index (κ3) is 2.32. The molecule has 1 saturated carbocycles. The Hall–Kier alpha value is -0.610. The second-order valence-electron chi connectivity index (χ2n) is 4.76. The third-order valence-corrected chi connectivity index (χ3v) is 3.69. The summed E-state index contributed by atoms with van der Waals surface area (Å²) in [6, 6.07) is 0.389. The number of carboxylic acids is 1. The molecule has 3 N–H and O–H groups in total. The summed E-state index contributed by atoms with van der Waals surface area (Å²) in [4.78, 5) is 11.3. The largest absolute Gasteiger partial charge is 0.480 e. The van der Waals surface area contributed by atoms with Gasteiger partial charge in [0, 0.05) is 6.04 Å². The Morgan fingerprint density at radius 2 is 1.87 bits per heavy atom. The molecule has 1 aliphatic carbocycles. The predicted molar refractivity (Wildman–Crippen MR) is 57.9 cm³/mol. The van der Waals surface area contributed by atoms with Crippen molar-refractivity contribution in [2.24, 2.45) is 0 Å². The summed E-state index contributed by atoms with van der Waals surface area (Å²) in [5.41, 5.74) is -0.609. The molecule has 2 aliphatic rings. The molecule has 0 bridgehead atoms. The molecule has 2 rings (SSSR count). The Morgan fingerprint density at radius 3 is 2.40 bits per heavy atom. The van der Waals surface area contributed by atoms with E-state index in [2.05, 4.69) is 10.6 Å². The smallest absolute Gasteiger partial charge is 0.323 e. The quantitative estimate of drug-likeness (QED) is 0.645. The molecule has 1 aliphatic heterocycles. The summed E-state index contributed by atoms with van der Waals surface area (Å²) in [6.45, 7) is 2.01. The molecule has 0 amide bonds. The molecule has 0 radical (unpaired) electrons. The van der Waals surface area contributed by atoms with Gasteiger partial charge in [-0.25, -0.2) is 0 Å². The molecule has 86 valence electrons. The Kier molecular flexibility index (Phi) is 3.26. The van der Waals surface area contributed by atoms with Crippen LogP contribution in [-0.2, 0) is 4.79 Å². The van der Waals surface area contributed by atoms with Crippen molar-refractivity contribution in [1.29, 1.82) is 0 Å². The number of hydrogen-bond donors (Lipinski definition) is 3. The van der Waals surface area contributed by atoms with Crippen LogP contribution < -0.4 is 10.6 Å². The van der Waals surface area contributed by atoms with Gasteiger partial charge in [0.05, 0.1) is 0 Å². The highest BCUT2D eigenvalue weighted by atomic mass is 16.4. The van der Waals surface area contributed by atoms with Crippen LogP contribution in [0.4, 0.5) is 0 Å². The fraction of sp³-hybridized carbons (Fsp3) is 0.909. The van der Waals surface area contributed by atoms with Crippen molar-refractivity contribution in [3.63, 3.8) is 0 Å². The molecular formula is C11H20N2O2. The van der Waals surface area contributed by atoms with Gasteiger partial charge in [-0.3, -0.25) is 10.1 Å².